The summed E-state index contributed by atoms with van der Waals surface area (Å²) < 4.78 is 27.1. The summed E-state index contributed by atoms with van der Waals surface area (Å²) in [5, 5.41) is 0. The zero-order valence-electron chi connectivity index (χ0n) is 17.4. The van der Waals surface area contributed by atoms with Crippen molar-refractivity contribution in [2.24, 2.45) is 5.41 Å². The summed E-state index contributed by atoms with van der Waals surface area (Å²) in [5.41, 5.74) is -0.0178. The molecule has 2 rings (SSSR count). The SMILES string of the molecule is CC(=O)c1ccc(S(=O)(=O)NCCC(=O)N2CCN(C(=O)C(C)(C)C)CC2)cc1. The number of Topliss-reactive ketones (excluding diaryl/α,β-unsaturated/α-hetero) is 1. The molecular formula is C20H29N3O5S. The Morgan fingerprint density at radius 1 is 0.966 bits per heavy atom. The summed E-state index contributed by atoms with van der Waals surface area (Å²) in [6, 6.07) is 5.65. The number of hydrogen-bond acceptors (Lipinski definition) is 5. The molecule has 1 aromatic rings. The van der Waals surface area contributed by atoms with Gasteiger partial charge in [0.25, 0.3) is 0 Å². The predicted molar refractivity (Wildman–Crippen MR) is 109 cm³/mol. The van der Waals surface area contributed by atoms with Gasteiger partial charge >= 0.3 is 0 Å². The molecule has 1 aromatic carbocycles. The fourth-order valence-corrected chi connectivity index (χ4v) is 4.07. The summed E-state index contributed by atoms with van der Waals surface area (Å²) in [4.78, 5) is 39.4. The van der Waals surface area contributed by atoms with Crippen LogP contribution in [-0.4, -0.2) is 68.5 Å². The third-order valence-corrected chi connectivity index (χ3v) is 6.24. The van der Waals surface area contributed by atoms with Gasteiger partial charge in [0.05, 0.1) is 4.90 Å². The van der Waals surface area contributed by atoms with E-state index in [1.54, 1.807) is 9.80 Å². The number of nitrogens with one attached hydrogen (secondary N) is 1. The number of amides is 2. The summed E-state index contributed by atoms with van der Waals surface area (Å²) in [6.07, 6.45) is 0.0397. The number of carbonyl (C=O) groups excluding carboxylic acids is 3. The van der Waals surface area contributed by atoms with E-state index >= 15 is 0 Å². The van der Waals surface area contributed by atoms with Crippen LogP contribution in [0.5, 0.6) is 0 Å². The van der Waals surface area contributed by atoms with Crippen molar-refractivity contribution < 1.29 is 22.8 Å². The predicted octanol–water partition coefficient (Wildman–Crippen LogP) is 1.27. The lowest BCUT2D eigenvalue weighted by Crippen LogP contribution is -2.53. The zero-order valence-corrected chi connectivity index (χ0v) is 18.2. The Bertz CT molecular complexity index is 864. The molecule has 0 bridgehead atoms. The number of nitrogens with zero attached hydrogens (tertiary/aromatic N) is 2. The molecule has 29 heavy (non-hydrogen) atoms. The largest absolute Gasteiger partial charge is 0.339 e. The van der Waals surface area contributed by atoms with E-state index < -0.39 is 15.4 Å². The quantitative estimate of drug-likeness (QED) is 0.694. The van der Waals surface area contributed by atoms with Gasteiger partial charge in [-0.15, -0.1) is 0 Å². The highest BCUT2D eigenvalue weighted by molar-refractivity contribution is 7.89. The molecule has 0 unspecified atom stereocenters. The molecule has 1 N–H and O–H groups in total. The maximum Gasteiger partial charge on any atom is 0.240 e. The topological polar surface area (TPSA) is 104 Å². The highest BCUT2D eigenvalue weighted by Gasteiger charge is 2.30. The molecule has 9 heteroatoms. The van der Waals surface area contributed by atoms with Gasteiger partial charge in [-0.05, 0) is 19.1 Å². The van der Waals surface area contributed by atoms with E-state index in [2.05, 4.69) is 4.72 Å². The molecule has 160 valence electrons. The fourth-order valence-electron chi connectivity index (χ4n) is 3.04. The van der Waals surface area contributed by atoms with Crippen molar-refractivity contribution in [2.45, 2.75) is 39.0 Å². The van der Waals surface area contributed by atoms with E-state index in [-0.39, 0.29) is 35.5 Å². The molecule has 0 atom stereocenters. The number of sulfonamides is 1. The van der Waals surface area contributed by atoms with Crippen LogP contribution in [-0.2, 0) is 19.6 Å². The minimum absolute atomic E-state index is 0.0171. The highest BCUT2D eigenvalue weighted by atomic mass is 32.2. The summed E-state index contributed by atoms with van der Waals surface area (Å²) in [5.74, 6) is -0.229. The third kappa shape index (κ3) is 6.11. The van der Waals surface area contributed by atoms with Crippen LogP contribution in [0, 0.1) is 5.41 Å². The van der Waals surface area contributed by atoms with E-state index in [0.29, 0.717) is 31.7 Å². The van der Waals surface area contributed by atoms with Gasteiger partial charge in [0, 0.05) is 50.1 Å². The number of rotatable bonds is 6. The number of benzene rings is 1. The molecule has 0 radical (unpaired) electrons. The van der Waals surface area contributed by atoms with Gasteiger partial charge < -0.3 is 9.80 Å². The Balaban J connectivity index is 1.82. The lowest BCUT2D eigenvalue weighted by molar-refractivity contribution is -0.144. The number of carbonyl (C=O) groups is 3. The molecule has 1 saturated heterocycles. The number of hydrogen-bond donors (Lipinski definition) is 1. The Morgan fingerprint density at radius 3 is 1.97 bits per heavy atom. The van der Waals surface area contributed by atoms with Crippen molar-refractivity contribution in [3.8, 4) is 0 Å². The van der Waals surface area contributed by atoms with Crippen LogP contribution in [0.2, 0.25) is 0 Å². The zero-order chi connectivity index (χ0) is 21.8. The average molecular weight is 424 g/mol. The van der Waals surface area contributed by atoms with Gasteiger partial charge in [0.15, 0.2) is 5.78 Å². The van der Waals surface area contributed by atoms with Crippen molar-refractivity contribution in [3.05, 3.63) is 29.8 Å². The second-order valence-electron chi connectivity index (χ2n) is 8.15. The van der Waals surface area contributed by atoms with Gasteiger partial charge in [-0.2, -0.15) is 0 Å². The normalized spacial score (nSPS) is 15.3. The van der Waals surface area contributed by atoms with E-state index in [9.17, 15) is 22.8 Å². The number of piperazine rings is 1. The molecule has 0 saturated carbocycles. The molecule has 8 nitrogen and oxygen atoms in total. The van der Waals surface area contributed by atoms with Crippen LogP contribution in [0.4, 0.5) is 0 Å². The van der Waals surface area contributed by atoms with Gasteiger partial charge in [-0.1, -0.05) is 32.9 Å². The van der Waals surface area contributed by atoms with E-state index in [1.807, 2.05) is 20.8 Å². The smallest absolute Gasteiger partial charge is 0.240 e. The molecule has 0 aromatic heterocycles. The van der Waals surface area contributed by atoms with Gasteiger partial charge in [0.1, 0.15) is 0 Å². The molecule has 1 aliphatic rings. The lowest BCUT2D eigenvalue weighted by Gasteiger charge is -2.37. The van der Waals surface area contributed by atoms with Gasteiger partial charge in [-0.25, -0.2) is 13.1 Å². The first-order chi connectivity index (χ1) is 13.4. The minimum Gasteiger partial charge on any atom is -0.339 e. The highest BCUT2D eigenvalue weighted by Crippen LogP contribution is 2.19. The molecule has 0 spiro atoms. The Morgan fingerprint density at radius 2 is 1.48 bits per heavy atom. The summed E-state index contributed by atoms with van der Waals surface area (Å²) in [7, 11) is -3.75. The Hall–Kier alpha value is -2.26. The number of ketones is 1. The fraction of sp³-hybridized carbons (Fsp3) is 0.550. The van der Waals surface area contributed by atoms with E-state index in [0.717, 1.165) is 0 Å². The monoisotopic (exact) mass is 423 g/mol. The maximum absolute atomic E-state index is 12.4. The third-order valence-electron chi connectivity index (χ3n) is 4.76. The molecule has 0 aliphatic carbocycles. The van der Waals surface area contributed by atoms with Crippen LogP contribution in [0.3, 0.4) is 0 Å². The van der Waals surface area contributed by atoms with Crippen molar-refractivity contribution >= 4 is 27.6 Å². The van der Waals surface area contributed by atoms with Gasteiger partial charge in [0.2, 0.25) is 21.8 Å². The first-order valence-corrected chi connectivity index (χ1v) is 11.1. The molecule has 1 heterocycles. The molecular weight excluding hydrogens is 394 g/mol. The van der Waals surface area contributed by atoms with Crippen LogP contribution in [0.1, 0.15) is 44.5 Å². The van der Waals surface area contributed by atoms with Crippen LogP contribution in [0.25, 0.3) is 0 Å². The van der Waals surface area contributed by atoms with E-state index in [1.165, 1.54) is 31.2 Å². The van der Waals surface area contributed by atoms with Crippen molar-refractivity contribution in [1.82, 2.24) is 14.5 Å². The second kappa shape index (κ2) is 9.04. The summed E-state index contributed by atoms with van der Waals surface area (Å²) >= 11 is 0. The summed E-state index contributed by atoms with van der Waals surface area (Å²) in [6.45, 7) is 8.85. The van der Waals surface area contributed by atoms with E-state index in [4.69, 9.17) is 0 Å². The average Bonchev–Trinajstić information content (AvgIpc) is 2.66. The maximum atomic E-state index is 12.4. The Kier molecular flexibility index (Phi) is 7.18. The first-order valence-electron chi connectivity index (χ1n) is 9.59. The van der Waals surface area contributed by atoms with Crippen molar-refractivity contribution in [1.29, 1.82) is 0 Å². The Labute approximate surface area is 172 Å². The van der Waals surface area contributed by atoms with Crippen LogP contribution in [0.15, 0.2) is 29.2 Å². The second-order valence-corrected chi connectivity index (χ2v) is 9.92. The van der Waals surface area contributed by atoms with Crippen LogP contribution < -0.4 is 4.72 Å². The first kappa shape index (κ1) is 23.0. The van der Waals surface area contributed by atoms with Crippen molar-refractivity contribution in [2.75, 3.05) is 32.7 Å². The molecule has 1 aliphatic heterocycles. The molecule has 1 fully saturated rings. The minimum atomic E-state index is -3.75. The lowest BCUT2D eigenvalue weighted by atomic mass is 9.94. The van der Waals surface area contributed by atoms with Gasteiger partial charge in [-0.3, -0.25) is 14.4 Å². The molecule has 2 amide bonds. The van der Waals surface area contributed by atoms with Crippen molar-refractivity contribution in [3.63, 3.8) is 0 Å². The standard InChI is InChI=1S/C20H29N3O5S/c1-15(24)16-5-7-17(8-6-16)29(27,28)21-10-9-18(25)22-11-13-23(14-12-22)19(26)20(2,3)4/h5-8,21H,9-14H2,1-4H3. The van der Waals surface area contributed by atoms with Crippen LogP contribution >= 0.6 is 0 Å².